The van der Waals surface area contributed by atoms with Crippen molar-refractivity contribution in [1.29, 1.82) is 0 Å². The molecule has 70 valence electrons. The Kier molecular flexibility index (Phi) is 1.78. The first-order valence-electron chi connectivity index (χ1n) is 4.44. The molecule has 0 bridgehead atoms. The monoisotopic (exact) mass is 286 g/mol. The van der Waals surface area contributed by atoms with Gasteiger partial charge in [0, 0.05) is 15.3 Å². The predicted octanol–water partition coefficient (Wildman–Crippen LogP) is 3.78. The number of alkyl halides is 3. The normalized spacial score (nSPS) is 51.0. The van der Waals surface area contributed by atoms with E-state index in [9.17, 15) is 8.78 Å². The summed E-state index contributed by atoms with van der Waals surface area (Å²) in [4.78, 5) is 0. The second-order valence-electron chi connectivity index (χ2n) is 4.57. The van der Waals surface area contributed by atoms with Gasteiger partial charge in [-0.3, -0.25) is 0 Å². The molecule has 0 amide bonds. The van der Waals surface area contributed by atoms with Gasteiger partial charge in [-0.05, 0) is 25.7 Å². The van der Waals surface area contributed by atoms with Crippen molar-refractivity contribution in [1.82, 2.24) is 0 Å². The second kappa shape index (κ2) is 2.34. The SMILES string of the molecule is CC1(I)CCC2(CC1)CC2(F)F. The summed E-state index contributed by atoms with van der Waals surface area (Å²) in [7, 11) is 0. The Morgan fingerprint density at radius 3 is 1.83 bits per heavy atom. The maximum absolute atomic E-state index is 12.9. The summed E-state index contributed by atoms with van der Waals surface area (Å²) >= 11 is 2.40. The minimum absolute atomic E-state index is 0.159. The predicted molar refractivity (Wildman–Crippen MR) is 52.9 cm³/mol. The molecule has 12 heavy (non-hydrogen) atoms. The molecule has 0 radical (unpaired) electrons. The molecule has 0 nitrogen and oxygen atoms in total. The van der Waals surface area contributed by atoms with E-state index in [4.69, 9.17) is 0 Å². The number of hydrogen-bond donors (Lipinski definition) is 0. The lowest BCUT2D eigenvalue weighted by Crippen LogP contribution is -2.27. The van der Waals surface area contributed by atoms with Crippen LogP contribution in [0.2, 0.25) is 0 Å². The van der Waals surface area contributed by atoms with E-state index in [2.05, 4.69) is 29.5 Å². The van der Waals surface area contributed by atoms with Crippen LogP contribution < -0.4 is 0 Å². The van der Waals surface area contributed by atoms with Crippen LogP contribution in [0, 0.1) is 5.41 Å². The molecule has 0 unspecified atom stereocenters. The van der Waals surface area contributed by atoms with Crippen molar-refractivity contribution >= 4 is 22.6 Å². The van der Waals surface area contributed by atoms with E-state index in [1.54, 1.807) is 0 Å². The van der Waals surface area contributed by atoms with E-state index in [1.165, 1.54) is 0 Å². The maximum Gasteiger partial charge on any atom is 0.254 e. The average molecular weight is 286 g/mol. The Morgan fingerprint density at radius 1 is 1.08 bits per heavy atom. The summed E-state index contributed by atoms with van der Waals surface area (Å²) < 4.78 is 26.1. The molecule has 0 heterocycles. The lowest BCUT2D eigenvalue weighted by Gasteiger charge is -2.32. The molecule has 1 spiro atoms. The van der Waals surface area contributed by atoms with Crippen LogP contribution in [0.15, 0.2) is 0 Å². The van der Waals surface area contributed by atoms with Crippen molar-refractivity contribution in [3.8, 4) is 0 Å². The topological polar surface area (TPSA) is 0 Å². The van der Waals surface area contributed by atoms with Gasteiger partial charge < -0.3 is 0 Å². The van der Waals surface area contributed by atoms with Crippen LogP contribution in [0.1, 0.15) is 39.0 Å². The third kappa shape index (κ3) is 1.28. The first kappa shape index (κ1) is 9.16. The highest BCUT2D eigenvalue weighted by Gasteiger charge is 2.71. The summed E-state index contributed by atoms with van der Waals surface area (Å²) in [6.45, 7) is 2.17. The Morgan fingerprint density at radius 2 is 1.50 bits per heavy atom. The highest BCUT2D eigenvalue weighted by atomic mass is 127. The standard InChI is InChI=1S/C9H13F2I/c1-7(12)2-4-8(5-3-7)6-9(8,10)11/h2-6H2,1H3. The lowest BCUT2D eigenvalue weighted by atomic mass is 9.80. The van der Waals surface area contributed by atoms with E-state index >= 15 is 0 Å². The van der Waals surface area contributed by atoms with Gasteiger partial charge in [-0.25, -0.2) is 8.78 Å². The van der Waals surface area contributed by atoms with Crippen molar-refractivity contribution < 1.29 is 8.78 Å². The fourth-order valence-electron chi connectivity index (χ4n) is 2.17. The molecular weight excluding hydrogens is 273 g/mol. The minimum Gasteiger partial charge on any atom is -0.206 e. The summed E-state index contributed by atoms with van der Waals surface area (Å²) in [5.41, 5.74) is -0.558. The van der Waals surface area contributed by atoms with Crippen LogP contribution in [0.4, 0.5) is 8.78 Å². The first-order valence-corrected chi connectivity index (χ1v) is 5.52. The molecule has 2 saturated carbocycles. The van der Waals surface area contributed by atoms with Crippen LogP contribution in [0.25, 0.3) is 0 Å². The first-order chi connectivity index (χ1) is 5.37. The van der Waals surface area contributed by atoms with Gasteiger partial charge in [0.2, 0.25) is 0 Å². The number of hydrogen-bond acceptors (Lipinski definition) is 0. The van der Waals surface area contributed by atoms with Crippen LogP contribution in [-0.4, -0.2) is 9.34 Å². The van der Waals surface area contributed by atoms with E-state index in [1.807, 2.05) is 0 Å². The van der Waals surface area contributed by atoms with Gasteiger partial charge in [-0.1, -0.05) is 29.5 Å². The molecule has 0 N–H and O–H groups in total. The van der Waals surface area contributed by atoms with Gasteiger partial charge >= 0.3 is 0 Å². The van der Waals surface area contributed by atoms with E-state index in [-0.39, 0.29) is 9.84 Å². The van der Waals surface area contributed by atoms with E-state index < -0.39 is 11.3 Å². The zero-order valence-electron chi connectivity index (χ0n) is 7.17. The van der Waals surface area contributed by atoms with Crippen molar-refractivity contribution in [2.24, 2.45) is 5.41 Å². The molecule has 0 aliphatic heterocycles. The molecule has 2 aliphatic rings. The van der Waals surface area contributed by atoms with Gasteiger partial charge in [0.05, 0.1) is 0 Å². The largest absolute Gasteiger partial charge is 0.254 e. The second-order valence-corrected chi connectivity index (χ2v) is 7.18. The molecule has 0 aromatic carbocycles. The maximum atomic E-state index is 12.9. The smallest absolute Gasteiger partial charge is 0.206 e. The fraction of sp³-hybridized carbons (Fsp3) is 1.00. The summed E-state index contributed by atoms with van der Waals surface area (Å²) in [6, 6.07) is 0. The molecule has 0 aromatic rings. The molecular formula is C9H13F2I. The van der Waals surface area contributed by atoms with Crippen molar-refractivity contribution in [2.75, 3.05) is 0 Å². The van der Waals surface area contributed by atoms with Gasteiger partial charge in [0.25, 0.3) is 5.92 Å². The number of halogens is 3. The zero-order chi connectivity index (χ0) is 9.04. The van der Waals surface area contributed by atoms with Crippen LogP contribution in [0.5, 0.6) is 0 Å². The van der Waals surface area contributed by atoms with E-state index in [0.29, 0.717) is 0 Å². The van der Waals surface area contributed by atoms with Crippen LogP contribution in [0.3, 0.4) is 0 Å². The van der Waals surface area contributed by atoms with Crippen LogP contribution in [-0.2, 0) is 0 Å². The van der Waals surface area contributed by atoms with Crippen molar-refractivity contribution in [2.45, 2.75) is 48.4 Å². The molecule has 0 atom stereocenters. The number of rotatable bonds is 0. The van der Waals surface area contributed by atoms with Crippen LogP contribution >= 0.6 is 22.6 Å². The summed E-state index contributed by atoms with van der Waals surface area (Å²) in [5.74, 6) is -2.32. The molecule has 0 saturated heterocycles. The van der Waals surface area contributed by atoms with Gasteiger partial charge in [-0.2, -0.15) is 0 Å². The van der Waals surface area contributed by atoms with Gasteiger partial charge in [0.15, 0.2) is 0 Å². The molecule has 3 heteroatoms. The highest BCUT2D eigenvalue weighted by Crippen LogP contribution is 2.68. The lowest BCUT2D eigenvalue weighted by molar-refractivity contribution is 0.0455. The third-order valence-electron chi connectivity index (χ3n) is 3.46. The highest BCUT2D eigenvalue weighted by molar-refractivity contribution is 14.1. The Balaban J connectivity index is 2.01. The zero-order valence-corrected chi connectivity index (χ0v) is 9.33. The minimum atomic E-state index is -2.32. The molecule has 2 aliphatic carbocycles. The summed E-state index contributed by atoms with van der Waals surface area (Å²) in [5, 5.41) is 0. The van der Waals surface area contributed by atoms with E-state index in [0.717, 1.165) is 25.7 Å². The van der Waals surface area contributed by atoms with Gasteiger partial charge in [0.1, 0.15) is 0 Å². The third-order valence-corrected chi connectivity index (χ3v) is 4.54. The Labute approximate surface area is 85.2 Å². The van der Waals surface area contributed by atoms with Crippen molar-refractivity contribution in [3.63, 3.8) is 0 Å². The Hall–Kier alpha value is 0.590. The molecule has 2 fully saturated rings. The Bertz CT molecular complexity index is 201. The molecule has 0 aromatic heterocycles. The average Bonchev–Trinajstić information content (AvgIpc) is 2.45. The fourth-order valence-corrected chi connectivity index (χ4v) is 2.71. The van der Waals surface area contributed by atoms with Gasteiger partial charge in [-0.15, -0.1) is 0 Å². The molecule has 2 rings (SSSR count). The van der Waals surface area contributed by atoms with Crippen molar-refractivity contribution in [3.05, 3.63) is 0 Å². The quantitative estimate of drug-likeness (QED) is 0.469. The summed E-state index contributed by atoms with van der Waals surface area (Å²) in [6.07, 6.45) is 3.55.